The number of nitrogens with two attached hydrogens (primary N) is 1. The van der Waals surface area contributed by atoms with Gasteiger partial charge in [0.2, 0.25) is 0 Å². The van der Waals surface area contributed by atoms with Crippen LogP contribution in [0, 0.1) is 5.92 Å². The predicted molar refractivity (Wildman–Crippen MR) is 57.7 cm³/mol. The van der Waals surface area contributed by atoms with Gasteiger partial charge in [0, 0.05) is 12.1 Å². The van der Waals surface area contributed by atoms with E-state index in [9.17, 15) is 0 Å². The molecule has 0 aromatic carbocycles. The van der Waals surface area contributed by atoms with Gasteiger partial charge in [0.05, 0.1) is 0 Å². The molecule has 13 heavy (non-hydrogen) atoms. The highest BCUT2D eigenvalue weighted by atomic mass is 15.1. The normalized spacial score (nSPS) is 26.3. The number of rotatable bonds is 3. The van der Waals surface area contributed by atoms with Crippen molar-refractivity contribution in [2.45, 2.75) is 45.6 Å². The summed E-state index contributed by atoms with van der Waals surface area (Å²) in [6.45, 7) is 10.3. The van der Waals surface area contributed by atoms with Crippen molar-refractivity contribution in [3.8, 4) is 0 Å². The van der Waals surface area contributed by atoms with Gasteiger partial charge < -0.3 is 10.6 Å². The topological polar surface area (TPSA) is 29.3 Å². The molecule has 0 aromatic rings. The lowest BCUT2D eigenvalue weighted by Crippen LogP contribution is -2.40. The van der Waals surface area contributed by atoms with Crippen LogP contribution in [0.3, 0.4) is 0 Å². The third-order valence-corrected chi connectivity index (χ3v) is 2.81. The summed E-state index contributed by atoms with van der Waals surface area (Å²) in [5, 5.41) is 0. The first-order chi connectivity index (χ1) is 5.97. The van der Waals surface area contributed by atoms with Crippen molar-refractivity contribution < 1.29 is 0 Å². The van der Waals surface area contributed by atoms with E-state index < -0.39 is 0 Å². The summed E-state index contributed by atoms with van der Waals surface area (Å²) in [6, 6.07) is 0. The molecule has 2 nitrogen and oxygen atoms in total. The van der Waals surface area contributed by atoms with E-state index in [1.54, 1.807) is 0 Å². The minimum Gasteiger partial charge on any atom is -0.326 e. The SMILES string of the molecule is CC1CCCN(CCC(C)(C)N)C1. The molecule has 1 aliphatic heterocycles. The van der Waals surface area contributed by atoms with Crippen LogP contribution in [0.5, 0.6) is 0 Å². The van der Waals surface area contributed by atoms with Gasteiger partial charge in [0.15, 0.2) is 0 Å². The molecule has 1 fully saturated rings. The van der Waals surface area contributed by atoms with Crippen LogP contribution < -0.4 is 5.73 Å². The summed E-state index contributed by atoms with van der Waals surface area (Å²) < 4.78 is 0. The minimum absolute atomic E-state index is 0.000680. The Kier molecular flexibility index (Phi) is 3.74. The van der Waals surface area contributed by atoms with Gasteiger partial charge in [-0.1, -0.05) is 6.92 Å². The highest BCUT2D eigenvalue weighted by molar-refractivity contribution is 4.76. The van der Waals surface area contributed by atoms with Crippen molar-refractivity contribution >= 4 is 0 Å². The maximum Gasteiger partial charge on any atom is 0.0109 e. The largest absolute Gasteiger partial charge is 0.326 e. The summed E-state index contributed by atoms with van der Waals surface area (Å²) in [4.78, 5) is 2.56. The molecule has 1 heterocycles. The number of hydrogen-bond acceptors (Lipinski definition) is 2. The van der Waals surface area contributed by atoms with E-state index in [1.165, 1.54) is 32.5 Å². The van der Waals surface area contributed by atoms with E-state index in [0.29, 0.717) is 0 Å². The van der Waals surface area contributed by atoms with Crippen LogP contribution in [0.1, 0.15) is 40.0 Å². The van der Waals surface area contributed by atoms with Gasteiger partial charge in [-0.05, 0) is 52.1 Å². The maximum atomic E-state index is 5.96. The van der Waals surface area contributed by atoms with E-state index in [4.69, 9.17) is 5.73 Å². The van der Waals surface area contributed by atoms with Crippen molar-refractivity contribution in [3.63, 3.8) is 0 Å². The second-order valence-electron chi connectivity index (χ2n) is 5.29. The summed E-state index contributed by atoms with van der Waals surface area (Å²) in [5.41, 5.74) is 5.96. The molecule has 2 N–H and O–H groups in total. The second-order valence-corrected chi connectivity index (χ2v) is 5.29. The van der Waals surface area contributed by atoms with Crippen molar-refractivity contribution in [1.29, 1.82) is 0 Å². The van der Waals surface area contributed by atoms with Gasteiger partial charge in [-0.3, -0.25) is 0 Å². The van der Waals surface area contributed by atoms with E-state index in [1.807, 2.05) is 0 Å². The highest BCUT2D eigenvalue weighted by Crippen LogP contribution is 2.16. The van der Waals surface area contributed by atoms with Crippen LogP contribution in [0.25, 0.3) is 0 Å². The van der Waals surface area contributed by atoms with Gasteiger partial charge in [-0.25, -0.2) is 0 Å². The molecule has 0 saturated carbocycles. The Bertz CT molecular complexity index is 149. The molecule has 1 saturated heterocycles. The minimum atomic E-state index is 0.000680. The van der Waals surface area contributed by atoms with Crippen molar-refractivity contribution in [1.82, 2.24) is 4.90 Å². The lowest BCUT2D eigenvalue weighted by Gasteiger charge is -2.32. The van der Waals surface area contributed by atoms with Gasteiger partial charge in [-0.2, -0.15) is 0 Å². The number of likely N-dealkylation sites (tertiary alicyclic amines) is 1. The molecule has 1 aliphatic rings. The average Bonchev–Trinajstić information content (AvgIpc) is 2.00. The molecule has 2 heteroatoms. The molecule has 1 atom stereocenters. The third kappa shape index (κ3) is 4.63. The summed E-state index contributed by atoms with van der Waals surface area (Å²) in [5.74, 6) is 0.884. The standard InChI is InChI=1S/C11H24N2/c1-10-5-4-7-13(9-10)8-6-11(2,3)12/h10H,4-9,12H2,1-3H3. The Morgan fingerprint density at radius 2 is 2.15 bits per heavy atom. The Morgan fingerprint density at radius 3 is 2.69 bits per heavy atom. The molecule has 0 spiro atoms. The molecule has 0 aliphatic carbocycles. The van der Waals surface area contributed by atoms with Crippen LogP contribution in [0.2, 0.25) is 0 Å². The quantitative estimate of drug-likeness (QED) is 0.725. The Morgan fingerprint density at radius 1 is 1.46 bits per heavy atom. The van der Waals surface area contributed by atoms with Gasteiger partial charge in [0.1, 0.15) is 0 Å². The number of nitrogens with zero attached hydrogens (tertiary/aromatic N) is 1. The van der Waals surface area contributed by atoms with Crippen LogP contribution in [-0.2, 0) is 0 Å². The summed E-state index contributed by atoms with van der Waals surface area (Å²) in [6.07, 6.45) is 3.88. The molecule has 1 unspecified atom stereocenters. The molecule has 0 bridgehead atoms. The van der Waals surface area contributed by atoms with E-state index in [-0.39, 0.29) is 5.54 Å². The van der Waals surface area contributed by atoms with Crippen molar-refractivity contribution in [2.75, 3.05) is 19.6 Å². The molecular formula is C11H24N2. The first-order valence-corrected chi connectivity index (χ1v) is 5.48. The van der Waals surface area contributed by atoms with E-state index in [0.717, 1.165) is 12.3 Å². The highest BCUT2D eigenvalue weighted by Gasteiger charge is 2.18. The lowest BCUT2D eigenvalue weighted by atomic mass is 9.98. The zero-order valence-electron chi connectivity index (χ0n) is 9.34. The van der Waals surface area contributed by atoms with Gasteiger partial charge in [-0.15, -0.1) is 0 Å². The summed E-state index contributed by atoms with van der Waals surface area (Å²) >= 11 is 0. The fraction of sp³-hybridized carbons (Fsp3) is 1.00. The van der Waals surface area contributed by atoms with Crippen LogP contribution in [0.15, 0.2) is 0 Å². The first-order valence-electron chi connectivity index (χ1n) is 5.48. The average molecular weight is 184 g/mol. The molecule has 1 rings (SSSR count). The predicted octanol–water partition coefficient (Wildman–Crippen LogP) is 1.85. The van der Waals surface area contributed by atoms with Gasteiger partial charge in [0.25, 0.3) is 0 Å². The van der Waals surface area contributed by atoms with Gasteiger partial charge >= 0.3 is 0 Å². The lowest BCUT2D eigenvalue weighted by molar-refractivity contribution is 0.172. The number of piperidine rings is 1. The maximum absolute atomic E-state index is 5.96. The van der Waals surface area contributed by atoms with Crippen LogP contribution in [0.4, 0.5) is 0 Å². The zero-order chi connectivity index (χ0) is 9.90. The third-order valence-electron chi connectivity index (χ3n) is 2.81. The Balaban J connectivity index is 2.21. The second kappa shape index (κ2) is 4.43. The zero-order valence-corrected chi connectivity index (χ0v) is 9.34. The molecular weight excluding hydrogens is 160 g/mol. The molecule has 78 valence electrons. The number of hydrogen-bond donors (Lipinski definition) is 1. The van der Waals surface area contributed by atoms with Crippen LogP contribution in [-0.4, -0.2) is 30.1 Å². The van der Waals surface area contributed by atoms with E-state index >= 15 is 0 Å². The van der Waals surface area contributed by atoms with Crippen LogP contribution >= 0.6 is 0 Å². The smallest absolute Gasteiger partial charge is 0.0109 e. The van der Waals surface area contributed by atoms with Crippen molar-refractivity contribution in [3.05, 3.63) is 0 Å². The van der Waals surface area contributed by atoms with Crippen molar-refractivity contribution in [2.24, 2.45) is 11.7 Å². The fourth-order valence-corrected chi connectivity index (χ4v) is 1.94. The summed E-state index contributed by atoms with van der Waals surface area (Å²) in [7, 11) is 0. The Hall–Kier alpha value is -0.0800. The fourth-order valence-electron chi connectivity index (χ4n) is 1.94. The molecule has 0 amide bonds. The molecule has 0 aromatic heterocycles. The Labute approximate surface area is 82.5 Å². The van der Waals surface area contributed by atoms with E-state index in [2.05, 4.69) is 25.7 Å². The monoisotopic (exact) mass is 184 g/mol. The molecule has 0 radical (unpaired) electrons. The first kappa shape index (κ1) is 11.0.